The molecule has 1 aromatic heterocycles. The zero-order valence-electron chi connectivity index (χ0n) is 7.16. The van der Waals surface area contributed by atoms with E-state index in [1.54, 1.807) is 6.20 Å². The van der Waals surface area contributed by atoms with Gasteiger partial charge < -0.3 is 5.11 Å². The third-order valence-electron chi connectivity index (χ3n) is 1.81. The average Bonchev–Trinajstić information content (AvgIpc) is 2.57. The van der Waals surface area contributed by atoms with Crippen molar-refractivity contribution in [3.63, 3.8) is 0 Å². The molecule has 0 bridgehead atoms. The number of aliphatic hydroxyl groups is 1. The van der Waals surface area contributed by atoms with E-state index in [0.717, 1.165) is 37.8 Å². The third-order valence-corrected chi connectivity index (χ3v) is 1.81. The monoisotopic (exact) mass is 169 g/mol. The zero-order valence-corrected chi connectivity index (χ0v) is 7.16. The molecule has 0 aromatic carbocycles. The number of unbranched alkanes of at least 4 members (excludes halogenated alkanes) is 3. The van der Waals surface area contributed by atoms with Gasteiger partial charge in [0.15, 0.2) is 0 Å². The molecule has 0 atom stereocenters. The molecule has 0 saturated heterocycles. The molecule has 0 unspecified atom stereocenters. The first kappa shape index (κ1) is 9.19. The number of rotatable bonds is 6. The maximum Gasteiger partial charge on any atom is 0.0824 e. The smallest absolute Gasteiger partial charge is 0.0824 e. The third kappa shape index (κ3) is 3.48. The van der Waals surface area contributed by atoms with Gasteiger partial charge in [-0.1, -0.05) is 12.8 Å². The van der Waals surface area contributed by atoms with Gasteiger partial charge in [0, 0.05) is 6.61 Å². The van der Waals surface area contributed by atoms with Crippen LogP contribution in [0.15, 0.2) is 6.20 Å². The van der Waals surface area contributed by atoms with Crippen LogP contribution in [-0.2, 0) is 6.42 Å². The Hall–Kier alpha value is -0.900. The Morgan fingerprint density at radius 2 is 2.08 bits per heavy atom. The number of aromatic nitrogens is 3. The molecule has 0 fully saturated rings. The minimum absolute atomic E-state index is 0.309. The highest BCUT2D eigenvalue weighted by atomic mass is 16.2. The van der Waals surface area contributed by atoms with Crippen LogP contribution in [0.2, 0.25) is 0 Å². The van der Waals surface area contributed by atoms with Crippen LogP contribution in [0.1, 0.15) is 31.4 Å². The first-order valence-electron chi connectivity index (χ1n) is 4.39. The predicted molar refractivity (Wildman–Crippen MR) is 45.6 cm³/mol. The van der Waals surface area contributed by atoms with Gasteiger partial charge in [0.25, 0.3) is 0 Å². The first-order chi connectivity index (χ1) is 5.93. The summed E-state index contributed by atoms with van der Waals surface area (Å²) in [6, 6.07) is 0. The van der Waals surface area contributed by atoms with E-state index in [9.17, 15) is 0 Å². The van der Waals surface area contributed by atoms with Gasteiger partial charge in [-0.05, 0) is 19.3 Å². The van der Waals surface area contributed by atoms with Crippen LogP contribution in [0.3, 0.4) is 0 Å². The Morgan fingerprint density at radius 3 is 2.75 bits per heavy atom. The summed E-state index contributed by atoms with van der Waals surface area (Å²) in [5.41, 5.74) is 1.03. The predicted octanol–water partition coefficient (Wildman–Crippen LogP) is 0.900. The maximum absolute atomic E-state index is 8.52. The molecular formula is C8H15N3O. The van der Waals surface area contributed by atoms with Gasteiger partial charge in [-0.3, -0.25) is 0 Å². The van der Waals surface area contributed by atoms with Gasteiger partial charge in [0.1, 0.15) is 0 Å². The molecule has 2 N–H and O–H groups in total. The second-order valence-electron chi connectivity index (χ2n) is 2.85. The molecule has 12 heavy (non-hydrogen) atoms. The van der Waals surface area contributed by atoms with Gasteiger partial charge in [-0.25, -0.2) is 0 Å². The Bertz CT molecular complexity index is 186. The Kier molecular flexibility index (Phi) is 4.37. The molecule has 68 valence electrons. The standard InChI is InChI=1S/C8H15N3O/c12-6-4-2-1-3-5-8-7-9-11-10-8/h7,12H,1-6H2,(H,9,10,11). The van der Waals surface area contributed by atoms with Gasteiger partial charge in [-0.2, -0.15) is 15.4 Å². The lowest BCUT2D eigenvalue weighted by atomic mass is 10.1. The summed E-state index contributed by atoms with van der Waals surface area (Å²) in [6.07, 6.45) is 7.06. The van der Waals surface area contributed by atoms with E-state index in [0.29, 0.717) is 6.61 Å². The van der Waals surface area contributed by atoms with Crippen LogP contribution in [-0.4, -0.2) is 27.1 Å². The largest absolute Gasteiger partial charge is 0.396 e. The van der Waals surface area contributed by atoms with Crippen molar-refractivity contribution in [2.45, 2.75) is 32.1 Å². The fourth-order valence-corrected chi connectivity index (χ4v) is 1.12. The van der Waals surface area contributed by atoms with E-state index in [1.165, 1.54) is 0 Å². The normalized spacial score (nSPS) is 10.4. The van der Waals surface area contributed by atoms with E-state index in [2.05, 4.69) is 15.4 Å². The second kappa shape index (κ2) is 5.71. The van der Waals surface area contributed by atoms with Gasteiger partial charge >= 0.3 is 0 Å². The molecule has 0 saturated carbocycles. The van der Waals surface area contributed by atoms with Crippen LogP contribution in [0.25, 0.3) is 0 Å². The molecule has 1 heterocycles. The topological polar surface area (TPSA) is 61.8 Å². The van der Waals surface area contributed by atoms with Gasteiger partial charge in [-0.15, -0.1) is 0 Å². The Balaban J connectivity index is 1.96. The molecule has 4 heteroatoms. The molecule has 0 aliphatic rings. The minimum Gasteiger partial charge on any atom is -0.396 e. The minimum atomic E-state index is 0.309. The number of aliphatic hydroxyl groups excluding tert-OH is 1. The van der Waals surface area contributed by atoms with E-state index in [-0.39, 0.29) is 0 Å². The lowest BCUT2D eigenvalue weighted by molar-refractivity contribution is 0.282. The summed E-state index contributed by atoms with van der Waals surface area (Å²) in [7, 11) is 0. The average molecular weight is 169 g/mol. The highest BCUT2D eigenvalue weighted by molar-refractivity contribution is 4.89. The molecule has 0 radical (unpaired) electrons. The van der Waals surface area contributed by atoms with Crippen molar-refractivity contribution in [3.05, 3.63) is 11.9 Å². The summed E-state index contributed by atoms with van der Waals surface area (Å²) in [5.74, 6) is 0. The highest BCUT2D eigenvalue weighted by Gasteiger charge is 1.95. The van der Waals surface area contributed by atoms with Crippen molar-refractivity contribution in [1.82, 2.24) is 15.4 Å². The van der Waals surface area contributed by atoms with Crippen molar-refractivity contribution in [2.24, 2.45) is 0 Å². The lowest BCUT2D eigenvalue weighted by Crippen LogP contribution is -1.87. The SMILES string of the molecule is OCCCCCCc1cn[nH]n1. The van der Waals surface area contributed by atoms with Gasteiger partial charge in [0.05, 0.1) is 11.9 Å². The van der Waals surface area contributed by atoms with E-state index < -0.39 is 0 Å². The van der Waals surface area contributed by atoms with Crippen LogP contribution in [0.4, 0.5) is 0 Å². The molecule has 1 rings (SSSR count). The summed E-state index contributed by atoms with van der Waals surface area (Å²) in [5, 5.41) is 18.8. The summed E-state index contributed by atoms with van der Waals surface area (Å²) >= 11 is 0. The number of hydrogen-bond acceptors (Lipinski definition) is 3. The first-order valence-corrected chi connectivity index (χ1v) is 4.39. The molecule has 0 aliphatic carbocycles. The number of nitrogens with zero attached hydrogens (tertiary/aromatic N) is 2. The number of aromatic amines is 1. The molecular weight excluding hydrogens is 154 g/mol. The molecule has 1 aromatic rings. The van der Waals surface area contributed by atoms with Crippen molar-refractivity contribution in [1.29, 1.82) is 0 Å². The number of H-pyrrole nitrogens is 1. The lowest BCUT2D eigenvalue weighted by Gasteiger charge is -1.96. The number of nitrogens with one attached hydrogen (secondary N) is 1. The maximum atomic E-state index is 8.52. The Morgan fingerprint density at radius 1 is 1.25 bits per heavy atom. The summed E-state index contributed by atoms with van der Waals surface area (Å²) in [4.78, 5) is 0. The Labute approximate surface area is 72.0 Å². The van der Waals surface area contributed by atoms with Crippen LogP contribution in [0, 0.1) is 0 Å². The quantitative estimate of drug-likeness (QED) is 0.622. The summed E-state index contributed by atoms with van der Waals surface area (Å²) in [6.45, 7) is 0.309. The molecule has 0 amide bonds. The van der Waals surface area contributed by atoms with Crippen molar-refractivity contribution < 1.29 is 5.11 Å². The molecule has 4 nitrogen and oxygen atoms in total. The second-order valence-corrected chi connectivity index (χ2v) is 2.85. The fraction of sp³-hybridized carbons (Fsp3) is 0.750. The van der Waals surface area contributed by atoms with Crippen molar-refractivity contribution >= 4 is 0 Å². The fourth-order valence-electron chi connectivity index (χ4n) is 1.12. The number of hydrogen-bond donors (Lipinski definition) is 2. The molecule has 0 spiro atoms. The van der Waals surface area contributed by atoms with Crippen molar-refractivity contribution in [2.75, 3.05) is 6.61 Å². The van der Waals surface area contributed by atoms with Crippen molar-refractivity contribution in [3.8, 4) is 0 Å². The van der Waals surface area contributed by atoms with E-state index >= 15 is 0 Å². The number of aryl methyl sites for hydroxylation is 1. The van der Waals surface area contributed by atoms with Gasteiger partial charge in [0.2, 0.25) is 0 Å². The summed E-state index contributed by atoms with van der Waals surface area (Å²) < 4.78 is 0. The zero-order chi connectivity index (χ0) is 8.65. The van der Waals surface area contributed by atoms with E-state index in [1.807, 2.05) is 0 Å². The highest BCUT2D eigenvalue weighted by Crippen LogP contribution is 2.03. The molecule has 0 aliphatic heterocycles. The van der Waals surface area contributed by atoms with Crippen LogP contribution < -0.4 is 0 Å². The van der Waals surface area contributed by atoms with Crippen LogP contribution >= 0.6 is 0 Å². The van der Waals surface area contributed by atoms with Crippen LogP contribution in [0.5, 0.6) is 0 Å². The van der Waals surface area contributed by atoms with E-state index in [4.69, 9.17) is 5.11 Å².